The molecule has 1 heterocycles. The number of carbonyl (C=O) groups is 2. The molecule has 6 nitrogen and oxygen atoms in total. The van der Waals surface area contributed by atoms with Gasteiger partial charge in [0, 0.05) is 6.04 Å². The fourth-order valence-electron chi connectivity index (χ4n) is 2.24. The number of nitrogen functional groups attached to an aromatic ring is 1. The van der Waals surface area contributed by atoms with E-state index in [2.05, 4.69) is 12.2 Å². The number of carbonyl (C=O) groups excluding carboxylic acids is 2. The predicted molar refractivity (Wildman–Crippen MR) is 81.8 cm³/mol. The van der Waals surface area contributed by atoms with E-state index in [1.54, 1.807) is 6.92 Å². The van der Waals surface area contributed by atoms with Gasteiger partial charge >= 0.3 is 11.9 Å². The third-order valence-corrected chi connectivity index (χ3v) is 4.68. The highest BCUT2D eigenvalue weighted by atomic mass is 32.1. The van der Waals surface area contributed by atoms with Gasteiger partial charge in [-0.2, -0.15) is 0 Å². The van der Waals surface area contributed by atoms with Crippen LogP contribution < -0.4 is 11.1 Å². The summed E-state index contributed by atoms with van der Waals surface area (Å²) in [6, 6.07) is 0.325. The molecular formula is C14H20N2O4S. The number of methoxy groups -OCH3 is 1. The zero-order chi connectivity index (χ0) is 15.6. The molecule has 0 spiro atoms. The zero-order valence-corrected chi connectivity index (χ0v) is 13.2. The zero-order valence-electron chi connectivity index (χ0n) is 12.4. The minimum Gasteiger partial charge on any atom is -0.465 e. The highest BCUT2D eigenvalue weighted by Crippen LogP contribution is 2.42. The molecular weight excluding hydrogens is 292 g/mol. The fraction of sp³-hybridized carbons (Fsp3) is 0.571. The predicted octanol–water partition coefficient (Wildman–Crippen LogP) is 2.50. The second-order valence-corrected chi connectivity index (χ2v) is 5.94. The molecule has 3 N–H and O–H groups in total. The van der Waals surface area contributed by atoms with Gasteiger partial charge in [0.15, 0.2) is 0 Å². The molecule has 1 aliphatic carbocycles. The van der Waals surface area contributed by atoms with Crippen molar-refractivity contribution in [2.24, 2.45) is 5.92 Å². The average Bonchev–Trinajstić information content (AvgIpc) is 3.14. The number of rotatable bonds is 6. The van der Waals surface area contributed by atoms with E-state index in [0.717, 1.165) is 24.2 Å². The SMILES string of the molecule is CCOC(=O)c1sc(NC2CC2CC)c(C(=O)OC)c1N. The number of hydrogen-bond acceptors (Lipinski definition) is 7. The Labute approximate surface area is 127 Å². The molecule has 1 aromatic rings. The van der Waals surface area contributed by atoms with Crippen molar-refractivity contribution >= 4 is 34.0 Å². The monoisotopic (exact) mass is 312 g/mol. The topological polar surface area (TPSA) is 90.6 Å². The molecule has 0 radical (unpaired) electrons. The minimum absolute atomic E-state index is 0.126. The molecule has 1 fully saturated rings. The quantitative estimate of drug-likeness (QED) is 0.784. The van der Waals surface area contributed by atoms with Crippen molar-refractivity contribution in [3.05, 3.63) is 10.4 Å². The molecule has 1 aliphatic rings. The van der Waals surface area contributed by atoms with Gasteiger partial charge in [-0.3, -0.25) is 0 Å². The summed E-state index contributed by atoms with van der Waals surface area (Å²) < 4.78 is 9.73. The molecule has 1 saturated carbocycles. The molecule has 2 rings (SSSR count). The summed E-state index contributed by atoms with van der Waals surface area (Å²) in [7, 11) is 1.29. The van der Waals surface area contributed by atoms with Crippen LogP contribution in [0.3, 0.4) is 0 Å². The number of nitrogens with two attached hydrogens (primary N) is 1. The lowest BCUT2D eigenvalue weighted by molar-refractivity contribution is 0.0533. The van der Waals surface area contributed by atoms with E-state index in [-0.39, 0.29) is 22.7 Å². The van der Waals surface area contributed by atoms with Gasteiger partial charge in [-0.15, -0.1) is 11.3 Å². The maximum Gasteiger partial charge on any atom is 0.350 e. The van der Waals surface area contributed by atoms with E-state index in [0.29, 0.717) is 17.0 Å². The summed E-state index contributed by atoms with van der Waals surface area (Å²) in [6.07, 6.45) is 2.14. The smallest absolute Gasteiger partial charge is 0.350 e. The summed E-state index contributed by atoms with van der Waals surface area (Å²) in [5.74, 6) is -0.457. The van der Waals surface area contributed by atoms with Gasteiger partial charge < -0.3 is 20.5 Å². The molecule has 116 valence electrons. The summed E-state index contributed by atoms with van der Waals surface area (Å²) >= 11 is 1.15. The normalized spacial score (nSPS) is 20.0. The van der Waals surface area contributed by atoms with E-state index in [1.807, 2.05) is 0 Å². The van der Waals surface area contributed by atoms with Crippen molar-refractivity contribution in [3.8, 4) is 0 Å². The highest BCUT2D eigenvalue weighted by Gasteiger charge is 2.37. The first kappa shape index (κ1) is 15.6. The van der Waals surface area contributed by atoms with Crippen molar-refractivity contribution in [2.45, 2.75) is 32.7 Å². The van der Waals surface area contributed by atoms with Gasteiger partial charge in [0.1, 0.15) is 15.4 Å². The van der Waals surface area contributed by atoms with Gasteiger partial charge in [0.25, 0.3) is 0 Å². The number of esters is 2. The molecule has 0 saturated heterocycles. The van der Waals surface area contributed by atoms with Crippen molar-refractivity contribution in [1.82, 2.24) is 0 Å². The van der Waals surface area contributed by atoms with Gasteiger partial charge in [-0.1, -0.05) is 13.3 Å². The number of anilines is 2. The molecule has 2 atom stereocenters. The standard InChI is InChI=1S/C14H20N2O4S/c1-4-7-6-8(7)16-12-9(13(17)19-3)10(15)11(21-12)14(18)20-5-2/h7-8,16H,4-6,15H2,1-3H3. The Balaban J connectivity index is 2.31. The first-order valence-electron chi connectivity index (χ1n) is 6.97. The Morgan fingerprint density at radius 2 is 2.10 bits per heavy atom. The highest BCUT2D eigenvalue weighted by molar-refractivity contribution is 7.19. The average molecular weight is 312 g/mol. The van der Waals surface area contributed by atoms with E-state index in [1.165, 1.54) is 7.11 Å². The van der Waals surface area contributed by atoms with Crippen molar-refractivity contribution in [3.63, 3.8) is 0 Å². The minimum atomic E-state index is -0.546. The summed E-state index contributed by atoms with van der Waals surface area (Å²) in [6.45, 7) is 4.10. The summed E-state index contributed by atoms with van der Waals surface area (Å²) in [4.78, 5) is 24.1. The summed E-state index contributed by atoms with van der Waals surface area (Å²) in [5, 5.41) is 3.88. The Morgan fingerprint density at radius 1 is 1.38 bits per heavy atom. The molecule has 0 aliphatic heterocycles. The maximum atomic E-state index is 11.9. The lowest BCUT2D eigenvalue weighted by Crippen LogP contribution is -2.11. The molecule has 21 heavy (non-hydrogen) atoms. The lowest BCUT2D eigenvalue weighted by Gasteiger charge is -2.05. The van der Waals surface area contributed by atoms with Gasteiger partial charge in [-0.25, -0.2) is 9.59 Å². The van der Waals surface area contributed by atoms with Crippen LogP contribution in [0, 0.1) is 5.92 Å². The van der Waals surface area contributed by atoms with Crippen LogP contribution in [-0.2, 0) is 9.47 Å². The molecule has 7 heteroatoms. The van der Waals surface area contributed by atoms with E-state index < -0.39 is 11.9 Å². The van der Waals surface area contributed by atoms with Gasteiger partial charge in [0.05, 0.1) is 19.4 Å². The Kier molecular flexibility index (Phi) is 4.72. The van der Waals surface area contributed by atoms with Crippen LogP contribution in [0.15, 0.2) is 0 Å². The van der Waals surface area contributed by atoms with E-state index >= 15 is 0 Å². The van der Waals surface area contributed by atoms with Crippen LogP contribution in [0.4, 0.5) is 10.7 Å². The van der Waals surface area contributed by atoms with Crippen LogP contribution in [0.25, 0.3) is 0 Å². The van der Waals surface area contributed by atoms with Crippen LogP contribution in [0.2, 0.25) is 0 Å². The second kappa shape index (κ2) is 6.34. The number of thiophene rings is 1. The molecule has 0 bridgehead atoms. The molecule has 2 unspecified atom stereocenters. The molecule has 0 aromatic carbocycles. The lowest BCUT2D eigenvalue weighted by atomic mass is 10.2. The Morgan fingerprint density at radius 3 is 2.62 bits per heavy atom. The van der Waals surface area contributed by atoms with Gasteiger partial charge in [0.2, 0.25) is 0 Å². The summed E-state index contributed by atoms with van der Waals surface area (Å²) in [5.41, 5.74) is 6.30. The second-order valence-electron chi connectivity index (χ2n) is 4.92. The fourth-order valence-corrected chi connectivity index (χ4v) is 3.31. The van der Waals surface area contributed by atoms with E-state index in [4.69, 9.17) is 15.2 Å². The number of ether oxygens (including phenoxy) is 2. The van der Waals surface area contributed by atoms with Crippen LogP contribution in [0.5, 0.6) is 0 Å². The third-order valence-electron chi connectivity index (χ3n) is 3.56. The van der Waals surface area contributed by atoms with Crippen LogP contribution in [0.1, 0.15) is 46.7 Å². The number of nitrogens with one attached hydrogen (secondary N) is 1. The van der Waals surface area contributed by atoms with Crippen LogP contribution >= 0.6 is 11.3 Å². The first-order valence-corrected chi connectivity index (χ1v) is 7.79. The third kappa shape index (κ3) is 3.12. The van der Waals surface area contributed by atoms with Crippen molar-refractivity contribution in [2.75, 3.05) is 24.8 Å². The Hall–Kier alpha value is -1.76. The number of hydrogen-bond donors (Lipinski definition) is 2. The van der Waals surface area contributed by atoms with Crippen molar-refractivity contribution in [1.29, 1.82) is 0 Å². The van der Waals surface area contributed by atoms with Crippen LogP contribution in [-0.4, -0.2) is 31.7 Å². The molecule has 0 amide bonds. The van der Waals surface area contributed by atoms with Crippen molar-refractivity contribution < 1.29 is 19.1 Å². The first-order chi connectivity index (χ1) is 10.0. The Bertz CT molecular complexity index is 555. The molecule has 1 aromatic heterocycles. The largest absolute Gasteiger partial charge is 0.465 e. The van der Waals surface area contributed by atoms with Gasteiger partial charge in [-0.05, 0) is 19.3 Å². The van der Waals surface area contributed by atoms with E-state index in [9.17, 15) is 9.59 Å². The maximum absolute atomic E-state index is 11.9.